The fourth-order valence-electron chi connectivity index (χ4n) is 2.90. The van der Waals surface area contributed by atoms with Gasteiger partial charge in [-0.25, -0.2) is 0 Å². The first kappa shape index (κ1) is 16.2. The molecule has 5 heteroatoms. The van der Waals surface area contributed by atoms with Gasteiger partial charge in [0.1, 0.15) is 11.4 Å². The molecular weight excluding hydrogens is 286 g/mol. The first-order chi connectivity index (χ1) is 9.93. The van der Waals surface area contributed by atoms with E-state index in [0.29, 0.717) is 0 Å². The van der Waals surface area contributed by atoms with Gasteiger partial charge in [0.05, 0.1) is 6.61 Å². The van der Waals surface area contributed by atoms with Crippen LogP contribution in [0.2, 0.25) is 0 Å². The van der Waals surface area contributed by atoms with Gasteiger partial charge >= 0.3 is 0 Å². The van der Waals surface area contributed by atoms with E-state index in [1.54, 1.807) is 11.8 Å². The Labute approximate surface area is 130 Å². The fourth-order valence-corrected chi connectivity index (χ4v) is 3.77. The number of hydrogen-bond acceptors (Lipinski definition) is 4. The van der Waals surface area contributed by atoms with Crippen molar-refractivity contribution in [1.82, 2.24) is 0 Å². The Morgan fingerprint density at radius 3 is 2.67 bits per heavy atom. The molecule has 21 heavy (non-hydrogen) atoms. The van der Waals surface area contributed by atoms with Crippen LogP contribution in [0.15, 0.2) is 0 Å². The largest absolute Gasteiger partial charge is 0.486 e. The van der Waals surface area contributed by atoms with Crippen LogP contribution in [0.5, 0.6) is 5.75 Å². The molecule has 0 saturated carbocycles. The van der Waals surface area contributed by atoms with Gasteiger partial charge in [-0.05, 0) is 44.4 Å². The maximum atomic E-state index is 10.8. The lowest BCUT2D eigenvalue weighted by Crippen LogP contribution is -2.33. The molecule has 1 atom stereocenters. The Kier molecular flexibility index (Phi) is 4.84. The fraction of sp³-hybridized carbons (Fsp3) is 0.562. The number of rotatable bonds is 6. The second-order valence-corrected chi connectivity index (χ2v) is 6.93. The van der Waals surface area contributed by atoms with Crippen LogP contribution in [-0.4, -0.2) is 35.2 Å². The summed E-state index contributed by atoms with van der Waals surface area (Å²) in [6.45, 7) is 8.38. The van der Waals surface area contributed by atoms with E-state index in [0.717, 1.165) is 52.5 Å². The van der Waals surface area contributed by atoms with Crippen LogP contribution in [0.25, 0.3) is 0 Å². The topological polar surface area (TPSA) is 58.6 Å². The van der Waals surface area contributed by atoms with Crippen LogP contribution in [0.4, 0.5) is 5.69 Å². The van der Waals surface area contributed by atoms with E-state index in [1.807, 2.05) is 20.8 Å². The summed E-state index contributed by atoms with van der Waals surface area (Å²) in [6.07, 6.45) is 1.56. The van der Waals surface area contributed by atoms with Crippen LogP contribution < -0.4 is 10.1 Å². The average molecular weight is 309 g/mol. The third-order valence-electron chi connectivity index (χ3n) is 4.13. The quantitative estimate of drug-likeness (QED) is 0.626. The second kappa shape index (κ2) is 6.28. The molecule has 1 aromatic carbocycles. The van der Waals surface area contributed by atoms with Gasteiger partial charge < -0.3 is 15.2 Å². The minimum atomic E-state index is -0.246. The number of fused-ring (bicyclic) bond motifs is 1. The number of thioether (sulfide) groups is 1. The maximum Gasteiger partial charge on any atom is 0.211 e. The molecule has 1 amide bonds. The predicted molar refractivity (Wildman–Crippen MR) is 87.5 cm³/mol. The van der Waals surface area contributed by atoms with Crippen molar-refractivity contribution in [3.63, 3.8) is 0 Å². The van der Waals surface area contributed by atoms with Crippen molar-refractivity contribution in [2.75, 3.05) is 23.4 Å². The number of nitrogens with one attached hydrogen (secondary N) is 1. The zero-order valence-corrected chi connectivity index (χ0v) is 13.9. The van der Waals surface area contributed by atoms with E-state index in [4.69, 9.17) is 9.84 Å². The smallest absolute Gasteiger partial charge is 0.211 e. The Bertz CT molecular complexity index is 559. The third-order valence-corrected chi connectivity index (χ3v) is 5.41. The Hall–Kier alpha value is -1.20. The summed E-state index contributed by atoms with van der Waals surface area (Å²) >= 11 is 1.70. The summed E-state index contributed by atoms with van der Waals surface area (Å²) in [6, 6.07) is 0. The van der Waals surface area contributed by atoms with E-state index in [-0.39, 0.29) is 12.2 Å². The van der Waals surface area contributed by atoms with Crippen molar-refractivity contribution in [2.45, 2.75) is 39.7 Å². The molecule has 0 fully saturated rings. The molecule has 116 valence electrons. The Morgan fingerprint density at radius 2 is 2.05 bits per heavy atom. The minimum absolute atomic E-state index is 0.193. The molecule has 2 N–H and O–H groups in total. The van der Waals surface area contributed by atoms with E-state index in [9.17, 15) is 4.79 Å². The zero-order chi connectivity index (χ0) is 15.6. The lowest BCUT2D eigenvalue weighted by Gasteiger charge is -2.23. The predicted octanol–water partition coefficient (Wildman–Crippen LogP) is 2.60. The molecule has 0 aromatic heterocycles. The molecule has 0 bridgehead atoms. The molecule has 0 radical (unpaired) electrons. The lowest BCUT2D eigenvalue weighted by molar-refractivity contribution is -0.105. The van der Waals surface area contributed by atoms with E-state index in [1.165, 1.54) is 5.56 Å². The van der Waals surface area contributed by atoms with Gasteiger partial charge in [-0.15, -0.1) is 0 Å². The Balaban J connectivity index is 2.34. The first-order valence-electron chi connectivity index (χ1n) is 7.14. The van der Waals surface area contributed by atoms with Gasteiger partial charge in [-0.1, -0.05) is 0 Å². The number of hydrogen-bond donors (Lipinski definition) is 2. The number of benzene rings is 1. The molecule has 1 aliphatic heterocycles. The van der Waals surface area contributed by atoms with Gasteiger partial charge in [0, 0.05) is 29.2 Å². The van der Waals surface area contributed by atoms with Crippen LogP contribution >= 0.6 is 11.8 Å². The lowest BCUT2D eigenvalue weighted by atomic mass is 9.92. The molecule has 0 saturated heterocycles. The summed E-state index contributed by atoms with van der Waals surface area (Å²) < 4.78 is 6.25. The number of carbonyl (C=O) groups excluding carboxylic acids is 1. The molecule has 0 spiro atoms. The molecular formula is C16H23NO3S. The summed E-state index contributed by atoms with van der Waals surface area (Å²) in [5, 5.41) is 11.7. The molecule has 1 aliphatic rings. The number of carbonyl (C=O) groups is 1. The summed E-state index contributed by atoms with van der Waals surface area (Å²) in [5.74, 6) is 2.54. The highest BCUT2D eigenvalue weighted by molar-refractivity contribution is 7.99. The molecule has 2 rings (SSSR count). The summed E-state index contributed by atoms with van der Waals surface area (Å²) in [4.78, 5) is 10.8. The van der Waals surface area contributed by atoms with Crippen molar-refractivity contribution in [3.8, 4) is 5.75 Å². The van der Waals surface area contributed by atoms with Gasteiger partial charge in [-0.3, -0.25) is 4.79 Å². The molecule has 4 nitrogen and oxygen atoms in total. The number of ether oxygens (including phenoxy) is 1. The first-order valence-corrected chi connectivity index (χ1v) is 8.29. The molecule has 1 aromatic rings. The van der Waals surface area contributed by atoms with E-state index >= 15 is 0 Å². The van der Waals surface area contributed by atoms with Crippen molar-refractivity contribution in [2.24, 2.45) is 0 Å². The minimum Gasteiger partial charge on any atom is -0.486 e. The monoisotopic (exact) mass is 309 g/mol. The van der Waals surface area contributed by atoms with E-state index in [2.05, 4.69) is 12.2 Å². The number of anilines is 1. The molecule has 0 aliphatic carbocycles. The molecule has 1 unspecified atom stereocenters. The van der Waals surface area contributed by atoms with Crippen LogP contribution in [0.3, 0.4) is 0 Å². The third kappa shape index (κ3) is 3.04. The number of amides is 1. The van der Waals surface area contributed by atoms with E-state index < -0.39 is 0 Å². The van der Waals surface area contributed by atoms with Crippen molar-refractivity contribution in [3.05, 3.63) is 22.3 Å². The standard InChI is InChI=1S/C16H23NO3S/c1-10-11(2)15-13(12(3)14(10)17-9-19)7-16(4,20-15)8-21-6-5-18/h9,18H,5-8H2,1-4H3,(H,17,19). The Morgan fingerprint density at radius 1 is 1.33 bits per heavy atom. The highest BCUT2D eigenvalue weighted by Crippen LogP contribution is 2.45. The zero-order valence-electron chi connectivity index (χ0n) is 13.1. The second-order valence-electron chi connectivity index (χ2n) is 5.82. The van der Waals surface area contributed by atoms with Gasteiger partial charge in [0.25, 0.3) is 0 Å². The van der Waals surface area contributed by atoms with Gasteiger partial charge in [-0.2, -0.15) is 11.8 Å². The van der Waals surface area contributed by atoms with Crippen LogP contribution in [0.1, 0.15) is 29.2 Å². The SMILES string of the molecule is Cc1c(C)c2c(c(C)c1NC=O)CC(C)(CSCCO)O2. The van der Waals surface area contributed by atoms with Crippen molar-refractivity contribution < 1.29 is 14.6 Å². The average Bonchev–Trinajstić information content (AvgIpc) is 2.80. The highest BCUT2D eigenvalue weighted by Gasteiger charge is 2.37. The number of aliphatic hydroxyl groups excluding tert-OH is 1. The number of aliphatic hydroxyl groups is 1. The maximum absolute atomic E-state index is 10.8. The van der Waals surface area contributed by atoms with Crippen molar-refractivity contribution >= 4 is 23.9 Å². The summed E-state index contributed by atoms with van der Waals surface area (Å²) in [5.41, 5.74) is 5.09. The van der Waals surface area contributed by atoms with Crippen LogP contribution in [0, 0.1) is 20.8 Å². The van der Waals surface area contributed by atoms with Gasteiger partial charge in [0.2, 0.25) is 6.41 Å². The van der Waals surface area contributed by atoms with Crippen molar-refractivity contribution in [1.29, 1.82) is 0 Å². The normalized spacial score (nSPS) is 20.0. The highest BCUT2D eigenvalue weighted by atomic mass is 32.2. The molecule has 1 heterocycles. The van der Waals surface area contributed by atoms with Gasteiger partial charge in [0.15, 0.2) is 0 Å². The van der Waals surface area contributed by atoms with Crippen LogP contribution in [-0.2, 0) is 11.2 Å². The summed E-state index contributed by atoms with van der Waals surface area (Å²) in [7, 11) is 0.